The van der Waals surface area contributed by atoms with E-state index in [1.54, 1.807) is 11.8 Å². The molecule has 122 valence electrons. The summed E-state index contributed by atoms with van der Waals surface area (Å²) in [5, 5.41) is 3.03. The van der Waals surface area contributed by atoms with Crippen molar-refractivity contribution in [2.75, 3.05) is 19.8 Å². The Morgan fingerprint density at radius 1 is 1.00 bits per heavy atom. The Kier molecular flexibility index (Phi) is 7.17. The Balaban J connectivity index is 1.76. The number of hydrogen-bond acceptors (Lipinski definition) is 3. The topological polar surface area (TPSA) is 32.3 Å². The number of nitrogens with zero attached hydrogens (tertiary/aromatic N) is 1. The van der Waals surface area contributed by atoms with Crippen LogP contribution in [0.1, 0.15) is 17.5 Å². The van der Waals surface area contributed by atoms with Crippen molar-refractivity contribution in [3.05, 3.63) is 65.7 Å². The van der Waals surface area contributed by atoms with E-state index in [1.807, 2.05) is 30.3 Å². The van der Waals surface area contributed by atoms with Crippen LogP contribution in [0.15, 0.2) is 59.5 Å². The number of carbonyl (C=O) groups is 1. The van der Waals surface area contributed by atoms with Gasteiger partial charge < -0.3 is 10.2 Å². The molecular formula is C19H24N2OS. The van der Waals surface area contributed by atoms with Crippen molar-refractivity contribution in [3.63, 3.8) is 0 Å². The first-order valence-corrected chi connectivity index (χ1v) is 8.80. The van der Waals surface area contributed by atoms with Crippen LogP contribution in [-0.2, 0) is 17.9 Å². The number of rotatable bonds is 8. The molecule has 0 radical (unpaired) electrons. The predicted molar refractivity (Wildman–Crippen MR) is 97.5 cm³/mol. The van der Waals surface area contributed by atoms with Gasteiger partial charge in [-0.05, 0) is 37.4 Å². The van der Waals surface area contributed by atoms with Crippen LogP contribution in [-0.4, -0.2) is 30.7 Å². The summed E-state index contributed by atoms with van der Waals surface area (Å²) in [6, 6.07) is 18.4. The third kappa shape index (κ3) is 6.47. The monoisotopic (exact) mass is 328 g/mol. The first-order valence-electron chi connectivity index (χ1n) is 7.81. The number of benzene rings is 2. The molecule has 0 atom stereocenters. The first-order chi connectivity index (χ1) is 11.1. The molecule has 0 spiro atoms. The van der Waals surface area contributed by atoms with Crippen molar-refractivity contribution in [1.82, 2.24) is 10.2 Å². The van der Waals surface area contributed by atoms with Crippen molar-refractivity contribution in [2.24, 2.45) is 0 Å². The molecule has 0 aliphatic rings. The Hall–Kier alpha value is -1.78. The van der Waals surface area contributed by atoms with Crippen LogP contribution in [0.2, 0.25) is 0 Å². The molecule has 3 nitrogen and oxygen atoms in total. The largest absolute Gasteiger partial charge is 0.352 e. The van der Waals surface area contributed by atoms with Crippen LogP contribution in [0, 0.1) is 0 Å². The summed E-state index contributed by atoms with van der Waals surface area (Å²) in [5.41, 5.74) is 2.45. The molecule has 1 amide bonds. The Bertz CT molecular complexity index is 614. The molecule has 0 aliphatic carbocycles. The lowest BCUT2D eigenvalue weighted by molar-refractivity contribution is -0.120. The molecule has 0 saturated carbocycles. The first kappa shape index (κ1) is 17.6. The maximum absolute atomic E-state index is 12.0. The Morgan fingerprint density at radius 3 is 2.35 bits per heavy atom. The van der Waals surface area contributed by atoms with Gasteiger partial charge in [0.05, 0.1) is 0 Å². The molecule has 0 saturated heterocycles. The van der Waals surface area contributed by atoms with Crippen molar-refractivity contribution >= 4 is 17.7 Å². The molecule has 0 unspecified atom stereocenters. The van der Waals surface area contributed by atoms with E-state index < -0.39 is 0 Å². The number of thioether (sulfide) groups is 1. The van der Waals surface area contributed by atoms with Gasteiger partial charge >= 0.3 is 0 Å². The minimum Gasteiger partial charge on any atom is -0.352 e. The van der Waals surface area contributed by atoms with Gasteiger partial charge in [0.15, 0.2) is 0 Å². The van der Waals surface area contributed by atoms with Gasteiger partial charge in [-0.3, -0.25) is 4.79 Å². The lowest BCUT2D eigenvalue weighted by atomic mass is 10.1. The standard InChI is InChI=1S/C19H24N2OS/c1-21(2)15-17-9-7-6-8-16(17)14-20-19(22)12-13-23-18-10-4-3-5-11-18/h3-11H,12-15H2,1-2H3,(H,20,22). The van der Waals surface area contributed by atoms with E-state index >= 15 is 0 Å². The van der Waals surface area contributed by atoms with Gasteiger partial charge in [-0.15, -0.1) is 11.8 Å². The lowest BCUT2D eigenvalue weighted by Crippen LogP contribution is -2.24. The summed E-state index contributed by atoms with van der Waals surface area (Å²) in [7, 11) is 4.10. The highest BCUT2D eigenvalue weighted by Gasteiger charge is 2.06. The second kappa shape index (κ2) is 9.38. The highest BCUT2D eigenvalue weighted by atomic mass is 32.2. The van der Waals surface area contributed by atoms with Crippen LogP contribution in [0.25, 0.3) is 0 Å². The van der Waals surface area contributed by atoms with Gasteiger partial charge in [0.25, 0.3) is 0 Å². The Morgan fingerprint density at radius 2 is 1.65 bits per heavy atom. The smallest absolute Gasteiger partial charge is 0.221 e. The molecule has 23 heavy (non-hydrogen) atoms. The van der Waals surface area contributed by atoms with E-state index in [2.05, 4.69) is 48.6 Å². The average molecular weight is 328 g/mol. The maximum atomic E-state index is 12.0. The summed E-state index contributed by atoms with van der Waals surface area (Å²) in [5.74, 6) is 0.905. The third-order valence-electron chi connectivity index (χ3n) is 3.42. The number of amides is 1. The third-order valence-corrected chi connectivity index (χ3v) is 4.44. The van der Waals surface area contributed by atoms with Crippen LogP contribution in [0.5, 0.6) is 0 Å². The van der Waals surface area contributed by atoms with Crippen LogP contribution >= 0.6 is 11.8 Å². The molecule has 0 bridgehead atoms. The summed E-state index contributed by atoms with van der Waals surface area (Å²) >= 11 is 1.71. The van der Waals surface area contributed by atoms with Gasteiger partial charge in [-0.25, -0.2) is 0 Å². The molecular weight excluding hydrogens is 304 g/mol. The molecule has 0 heterocycles. The summed E-state index contributed by atoms with van der Waals surface area (Å²) < 4.78 is 0. The lowest BCUT2D eigenvalue weighted by Gasteiger charge is -2.14. The molecule has 0 fully saturated rings. The predicted octanol–water partition coefficient (Wildman–Crippen LogP) is 3.55. The van der Waals surface area contributed by atoms with E-state index in [0.29, 0.717) is 13.0 Å². The maximum Gasteiger partial charge on any atom is 0.221 e. The van der Waals surface area contributed by atoms with Crippen molar-refractivity contribution in [3.8, 4) is 0 Å². The molecule has 2 rings (SSSR count). The molecule has 1 N–H and O–H groups in total. The van der Waals surface area contributed by atoms with Crippen molar-refractivity contribution in [1.29, 1.82) is 0 Å². The van der Waals surface area contributed by atoms with Gasteiger partial charge in [-0.2, -0.15) is 0 Å². The van der Waals surface area contributed by atoms with E-state index in [0.717, 1.165) is 12.3 Å². The molecule has 2 aromatic rings. The SMILES string of the molecule is CN(C)Cc1ccccc1CNC(=O)CCSc1ccccc1. The molecule has 4 heteroatoms. The van der Waals surface area contributed by atoms with Crippen molar-refractivity contribution < 1.29 is 4.79 Å². The van der Waals surface area contributed by atoms with E-state index in [1.165, 1.54) is 16.0 Å². The minimum atomic E-state index is 0.105. The van der Waals surface area contributed by atoms with Crippen LogP contribution in [0.4, 0.5) is 0 Å². The zero-order valence-corrected chi connectivity index (χ0v) is 14.6. The second-order valence-electron chi connectivity index (χ2n) is 5.69. The molecule has 0 aliphatic heterocycles. The fraction of sp³-hybridized carbons (Fsp3) is 0.316. The van der Waals surface area contributed by atoms with E-state index in [9.17, 15) is 4.79 Å². The summed E-state index contributed by atoms with van der Waals surface area (Å²) in [4.78, 5) is 15.3. The normalized spacial score (nSPS) is 10.7. The molecule has 0 aromatic heterocycles. The van der Waals surface area contributed by atoms with Gasteiger partial charge in [0.2, 0.25) is 5.91 Å². The number of nitrogens with one attached hydrogen (secondary N) is 1. The van der Waals surface area contributed by atoms with Crippen LogP contribution in [0.3, 0.4) is 0 Å². The molecule has 2 aromatic carbocycles. The zero-order valence-electron chi connectivity index (χ0n) is 13.8. The van der Waals surface area contributed by atoms with Gasteiger partial charge in [-0.1, -0.05) is 42.5 Å². The quantitative estimate of drug-likeness (QED) is 0.752. The Labute approximate surface area is 143 Å². The highest BCUT2D eigenvalue weighted by Crippen LogP contribution is 2.17. The summed E-state index contributed by atoms with van der Waals surface area (Å²) in [6.45, 7) is 1.48. The van der Waals surface area contributed by atoms with Crippen molar-refractivity contribution in [2.45, 2.75) is 24.4 Å². The average Bonchev–Trinajstić information content (AvgIpc) is 2.54. The number of carbonyl (C=O) groups excluding carboxylic acids is 1. The van der Waals surface area contributed by atoms with Gasteiger partial charge in [0, 0.05) is 30.2 Å². The zero-order chi connectivity index (χ0) is 16.5. The number of hydrogen-bond donors (Lipinski definition) is 1. The summed E-state index contributed by atoms with van der Waals surface area (Å²) in [6.07, 6.45) is 0.537. The van der Waals surface area contributed by atoms with E-state index in [4.69, 9.17) is 0 Å². The second-order valence-corrected chi connectivity index (χ2v) is 6.86. The van der Waals surface area contributed by atoms with Crippen LogP contribution < -0.4 is 5.32 Å². The minimum absolute atomic E-state index is 0.105. The highest BCUT2D eigenvalue weighted by molar-refractivity contribution is 7.99. The van der Waals surface area contributed by atoms with Gasteiger partial charge in [0.1, 0.15) is 0 Å². The van der Waals surface area contributed by atoms with E-state index in [-0.39, 0.29) is 5.91 Å². The fourth-order valence-electron chi connectivity index (χ4n) is 2.29. The fourth-order valence-corrected chi connectivity index (χ4v) is 3.16.